The normalized spacial score (nSPS) is 10.5. The van der Waals surface area contributed by atoms with Crippen molar-refractivity contribution in [2.75, 3.05) is 0 Å². The minimum atomic E-state index is -0.232. The topological polar surface area (TPSA) is 34.9 Å². The molecule has 1 aromatic rings. The molecule has 0 saturated carbocycles. The van der Waals surface area contributed by atoms with Crippen molar-refractivity contribution in [2.45, 2.75) is 19.9 Å². The molecule has 11 heavy (non-hydrogen) atoms. The van der Waals surface area contributed by atoms with Gasteiger partial charge < -0.3 is 4.57 Å². The molecule has 0 fully saturated rings. The van der Waals surface area contributed by atoms with Crippen LogP contribution in [0.2, 0.25) is 5.15 Å². The van der Waals surface area contributed by atoms with Crippen molar-refractivity contribution >= 4 is 11.6 Å². The van der Waals surface area contributed by atoms with Crippen molar-refractivity contribution in [1.82, 2.24) is 9.55 Å². The zero-order valence-corrected chi connectivity index (χ0v) is 7.17. The quantitative estimate of drug-likeness (QED) is 0.643. The Kier molecular flexibility index (Phi) is 2.29. The average Bonchev–Trinajstić information content (AvgIpc) is 1.94. The lowest BCUT2D eigenvalue weighted by molar-refractivity contribution is 0.574. The van der Waals surface area contributed by atoms with Crippen LogP contribution in [0, 0.1) is 0 Å². The van der Waals surface area contributed by atoms with Gasteiger partial charge in [-0.2, -0.15) is 0 Å². The minimum absolute atomic E-state index is 0.0289. The van der Waals surface area contributed by atoms with E-state index in [1.165, 1.54) is 10.8 Å². The van der Waals surface area contributed by atoms with E-state index >= 15 is 0 Å². The number of hydrogen-bond acceptors (Lipinski definition) is 2. The third kappa shape index (κ3) is 1.60. The van der Waals surface area contributed by atoms with Crippen LogP contribution in [0.4, 0.5) is 0 Å². The zero-order chi connectivity index (χ0) is 8.43. The Labute approximate surface area is 69.6 Å². The summed E-state index contributed by atoms with van der Waals surface area (Å²) in [5.41, 5.74) is -0.232. The lowest BCUT2D eigenvalue weighted by Crippen LogP contribution is -2.22. The molecule has 3 nitrogen and oxygen atoms in total. The second kappa shape index (κ2) is 3.05. The van der Waals surface area contributed by atoms with Crippen LogP contribution >= 0.6 is 11.6 Å². The van der Waals surface area contributed by atoms with E-state index < -0.39 is 0 Å². The number of hydrogen-bond donors (Lipinski definition) is 0. The Hall–Kier alpha value is -0.830. The van der Waals surface area contributed by atoms with Gasteiger partial charge in [0.15, 0.2) is 5.15 Å². The monoisotopic (exact) mass is 172 g/mol. The van der Waals surface area contributed by atoms with Gasteiger partial charge in [-0.3, -0.25) is 4.79 Å². The molecule has 0 aliphatic carbocycles. The van der Waals surface area contributed by atoms with Crippen LogP contribution in [0.15, 0.2) is 17.2 Å². The summed E-state index contributed by atoms with van der Waals surface area (Å²) in [6.45, 7) is 3.83. The Morgan fingerprint density at radius 1 is 1.64 bits per heavy atom. The predicted octanol–water partition coefficient (Wildman–Crippen LogP) is 1.48. The molecule has 0 spiro atoms. The summed E-state index contributed by atoms with van der Waals surface area (Å²) in [5, 5.41) is 0.0289. The standard InChI is InChI=1S/C7H9ClN2O/c1-5(2)10-4-3-9-6(8)7(10)11/h3-5H,1-2H3. The van der Waals surface area contributed by atoms with Crippen LogP contribution in [0.25, 0.3) is 0 Å². The first kappa shape index (κ1) is 8.27. The molecule has 0 atom stereocenters. The van der Waals surface area contributed by atoms with Gasteiger partial charge in [-0.25, -0.2) is 4.98 Å². The molecule has 1 heterocycles. The lowest BCUT2D eigenvalue weighted by Gasteiger charge is -2.07. The van der Waals surface area contributed by atoms with E-state index in [0.717, 1.165) is 0 Å². The molecule has 0 saturated heterocycles. The van der Waals surface area contributed by atoms with Crippen molar-refractivity contribution in [1.29, 1.82) is 0 Å². The highest BCUT2D eigenvalue weighted by Gasteiger charge is 2.03. The van der Waals surface area contributed by atoms with Crippen molar-refractivity contribution in [2.24, 2.45) is 0 Å². The van der Waals surface area contributed by atoms with E-state index in [-0.39, 0.29) is 16.8 Å². The number of halogens is 1. The molecular formula is C7H9ClN2O. The lowest BCUT2D eigenvalue weighted by atomic mass is 10.4. The van der Waals surface area contributed by atoms with Crippen LogP contribution in [0.3, 0.4) is 0 Å². The summed E-state index contributed by atoms with van der Waals surface area (Å²) >= 11 is 5.51. The molecule has 0 radical (unpaired) electrons. The van der Waals surface area contributed by atoms with E-state index in [4.69, 9.17) is 11.6 Å². The average molecular weight is 173 g/mol. The van der Waals surface area contributed by atoms with Crippen LogP contribution < -0.4 is 5.56 Å². The van der Waals surface area contributed by atoms with E-state index in [1.54, 1.807) is 6.20 Å². The van der Waals surface area contributed by atoms with Crippen LogP contribution in [-0.2, 0) is 0 Å². The maximum atomic E-state index is 11.2. The first-order valence-electron chi connectivity index (χ1n) is 3.35. The molecule has 60 valence electrons. The fraction of sp³-hybridized carbons (Fsp3) is 0.429. The molecule has 0 unspecified atom stereocenters. The first-order valence-corrected chi connectivity index (χ1v) is 3.73. The molecule has 0 amide bonds. The van der Waals surface area contributed by atoms with Gasteiger partial charge in [0.25, 0.3) is 5.56 Å². The molecule has 4 heteroatoms. The summed E-state index contributed by atoms with van der Waals surface area (Å²) in [5.74, 6) is 0. The highest BCUT2D eigenvalue weighted by atomic mass is 35.5. The molecule has 0 N–H and O–H groups in total. The van der Waals surface area contributed by atoms with Crippen molar-refractivity contribution in [3.63, 3.8) is 0 Å². The second-order valence-electron chi connectivity index (χ2n) is 2.52. The number of aromatic nitrogens is 2. The van der Waals surface area contributed by atoms with E-state index in [2.05, 4.69) is 4.98 Å². The fourth-order valence-corrected chi connectivity index (χ4v) is 0.961. The first-order chi connectivity index (χ1) is 5.13. The van der Waals surface area contributed by atoms with Crippen LogP contribution in [-0.4, -0.2) is 9.55 Å². The molecular weight excluding hydrogens is 164 g/mol. The summed E-state index contributed by atoms with van der Waals surface area (Å²) in [4.78, 5) is 14.8. The summed E-state index contributed by atoms with van der Waals surface area (Å²) < 4.78 is 1.54. The molecule has 0 aromatic carbocycles. The van der Waals surface area contributed by atoms with Crippen molar-refractivity contribution in [3.05, 3.63) is 27.9 Å². The molecule has 0 aliphatic heterocycles. The maximum Gasteiger partial charge on any atom is 0.288 e. The van der Waals surface area contributed by atoms with Gasteiger partial charge in [0.2, 0.25) is 0 Å². The Bertz CT molecular complexity index is 306. The minimum Gasteiger partial charge on any atom is -0.309 e. The smallest absolute Gasteiger partial charge is 0.288 e. The second-order valence-corrected chi connectivity index (χ2v) is 2.88. The molecule has 1 rings (SSSR count). The van der Waals surface area contributed by atoms with Gasteiger partial charge in [0.1, 0.15) is 0 Å². The van der Waals surface area contributed by atoms with Gasteiger partial charge in [0, 0.05) is 18.4 Å². The van der Waals surface area contributed by atoms with Gasteiger partial charge in [-0.1, -0.05) is 11.6 Å². The maximum absolute atomic E-state index is 11.2. The Morgan fingerprint density at radius 2 is 2.27 bits per heavy atom. The van der Waals surface area contributed by atoms with Gasteiger partial charge in [-0.15, -0.1) is 0 Å². The van der Waals surface area contributed by atoms with E-state index in [9.17, 15) is 4.79 Å². The third-order valence-electron chi connectivity index (χ3n) is 1.38. The van der Waals surface area contributed by atoms with Crippen LogP contribution in [0.5, 0.6) is 0 Å². The fourth-order valence-electron chi connectivity index (χ4n) is 0.807. The van der Waals surface area contributed by atoms with E-state index in [1.807, 2.05) is 13.8 Å². The van der Waals surface area contributed by atoms with Gasteiger partial charge in [0.05, 0.1) is 0 Å². The predicted molar refractivity (Wildman–Crippen MR) is 43.9 cm³/mol. The summed E-state index contributed by atoms with van der Waals surface area (Å²) in [6, 6.07) is 0.128. The highest BCUT2D eigenvalue weighted by Crippen LogP contribution is 2.00. The van der Waals surface area contributed by atoms with Gasteiger partial charge >= 0.3 is 0 Å². The summed E-state index contributed by atoms with van der Waals surface area (Å²) in [7, 11) is 0. The van der Waals surface area contributed by atoms with Crippen molar-refractivity contribution < 1.29 is 0 Å². The summed E-state index contributed by atoms with van der Waals surface area (Å²) in [6.07, 6.45) is 3.14. The van der Waals surface area contributed by atoms with Crippen LogP contribution in [0.1, 0.15) is 19.9 Å². The Morgan fingerprint density at radius 3 is 2.73 bits per heavy atom. The Balaban J connectivity index is 3.28. The highest BCUT2D eigenvalue weighted by molar-refractivity contribution is 6.29. The number of nitrogens with zero attached hydrogens (tertiary/aromatic N) is 2. The molecule has 1 aromatic heterocycles. The van der Waals surface area contributed by atoms with E-state index in [0.29, 0.717) is 0 Å². The third-order valence-corrected chi connectivity index (χ3v) is 1.64. The van der Waals surface area contributed by atoms with Gasteiger partial charge in [-0.05, 0) is 13.8 Å². The van der Waals surface area contributed by atoms with Crippen molar-refractivity contribution in [3.8, 4) is 0 Å². The number of rotatable bonds is 1. The molecule has 0 aliphatic rings. The largest absolute Gasteiger partial charge is 0.309 e. The SMILES string of the molecule is CC(C)n1ccnc(Cl)c1=O. The molecule has 0 bridgehead atoms. The zero-order valence-electron chi connectivity index (χ0n) is 6.41.